The molecule has 10 N–H and O–H groups in total. The average Bonchev–Trinajstić information content (AvgIpc) is 1.32. The lowest BCUT2D eigenvalue weighted by Crippen LogP contribution is -2.63. The topological polar surface area (TPSA) is 226 Å². The molecule has 0 radical (unpaired) electrons. The summed E-state index contributed by atoms with van der Waals surface area (Å²) in [5.74, 6) is 15.1. The van der Waals surface area contributed by atoms with Gasteiger partial charge in [-0.05, 0) is 145 Å². The number of methoxy groups -OCH3 is 1. The molecule has 6 heterocycles. The molecule has 17 rings (SSSR count). The van der Waals surface area contributed by atoms with Crippen LogP contribution in [0, 0.1) is 58.7 Å². The lowest BCUT2D eigenvalue weighted by atomic mass is 9.43. The van der Waals surface area contributed by atoms with Crippen molar-refractivity contribution in [3.8, 4) is 63.6 Å². The molecule has 1 unspecified atom stereocenters. The third-order valence-electron chi connectivity index (χ3n) is 25.8. The fourth-order valence-electron chi connectivity index (χ4n) is 21.4. The number of dihydropyridines is 1. The van der Waals surface area contributed by atoms with Crippen LogP contribution in [0.1, 0.15) is 164 Å². The maximum atomic E-state index is 14.4. The van der Waals surface area contributed by atoms with Gasteiger partial charge in [0, 0.05) is 119 Å². The number of esters is 1. The first-order valence-corrected chi connectivity index (χ1v) is 39.8. The van der Waals surface area contributed by atoms with Gasteiger partial charge in [0.15, 0.2) is 18.3 Å². The lowest BCUT2D eigenvalue weighted by Gasteiger charge is -2.62. The zero-order valence-electron chi connectivity index (χ0n) is 58.5. The maximum absolute atomic E-state index is 14.4. The van der Waals surface area contributed by atoms with Gasteiger partial charge in [0.05, 0.1) is 41.3 Å². The minimum absolute atomic E-state index is 0.0233. The highest BCUT2D eigenvalue weighted by atomic mass is 33.1. The number of fused-ring (bicyclic) bond motifs is 12. The predicted molar refractivity (Wildman–Crippen MR) is 398 cm³/mol. The summed E-state index contributed by atoms with van der Waals surface area (Å²) < 4.78 is 35.0. The summed E-state index contributed by atoms with van der Waals surface area (Å²) >= 11 is 0. The number of phenolic OH excluding ortho intramolecular Hbond substituents is 2. The van der Waals surface area contributed by atoms with Gasteiger partial charge >= 0.3 is 5.97 Å². The molecule has 11 bridgehead atoms. The van der Waals surface area contributed by atoms with E-state index >= 15 is 0 Å². The Labute approximate surface area is 606 Å². The second-order valence-corrected chi connectivity index (χ2v) is 34.1. The average molecular weight is 1410 g/mol. The maximum Gasteiger partial charge on any atom is 0.302 e. The molecular formula is C85H94N4O11S2. The van der Waals surface area contributed by atoms with Crippen molar-refractivity contribution < 1.29 is 54.0 Å². The smallest absolute Gasteiger partial charge is 0.302 e. The fraction of sp³-hybridized carbons (Fsp3) is 0.494. The van der Waals surface area contributed by atoms with Gasteiger partial charge in [0.1, 0.15) is 42.0 Å². The molecular weight excluding hydrogens is 1320 g/mol. The fourth-order valence-corrected chi connectivity index (χ4v) is 24.6. The van der Waals surface area contributed by atoms with E-state index in [0.717, 1.165) is 87.9 Å². The Hall–Kier alpha value is -7.13. The van der Waals surface area contributed by atoms with Crippen LogP contribution in [0.25, 0.3) is 17.2 Å². The summed E-state index contributed by atoms with van der Waals surface area (Å²) in [5.41, 5.74) is 16.4. The monoisotopic (exact) mass is 1410 g/mol. The normalized spacial score (nSPS) is 34.1. The van der Waals surface area contributed by atoms with Crippen LogP contribution in [-0.2, 0) is 50.9 Å². The number of ether oxygens (including phenoxy) is 5. The van der Waals surface area contributed by atoms with Gasteiger partial charge in [-0.2, -0.15) is 0 Å². The predicted octanol–water partition coefficient (Wildman–Crippen LogP) is 12.3. The Kier molecular flexibility index (Phi) is 18.1. The number of rotatable bonds is 10. The van der Waals surface area contributed by atoms with Crippen LogP contribution in [0.5, 0.6) is 28.7 Å². The number of phenols is 2. The molecule has 3 spiro atoms. The van der Waals surface area contributed by atoms with Gasteiger partial charge < -0.3 is 70.9 Å². The molecule has 0 aromatic heterocycles. The largest absolute Gasteiger partial charge is 0.508 e. The van der Waals surface area contributed by atoms with Crippen molar-refractivity contribution in [2.45, 2.75) is 181 Å². The van der Waals surface area contributed by atoms with Crippen LogP contribution < -0.4 is 35.9 Å². The number of allylic oxidation sites excluding steroid dienone is 4. The Morgan fingerprint density at radius 3 is 2.62 bits per heavy atom. The highest BCUT2D eigenvalue weighted by Crippen LogP contribution is 2.72. The third-order valence-corrected chi connectivity index (χ3v) is 28.8. The molecule has 6 aliphatic carbocycles. The number of carbonyl (C=O) groups is 1. The van der Waals surface area contributed by atoms with Gasteiger partial charge in [-0.25, -0.2) is 0 Å². The molecule has 5 aromatic carbocycles. The van der Waals surface area contributed by atoms with E-state index in [1.54, 1.807) is 13.2 Å². The van der Waals surface area contributed by atoms with E-state index in [9.17, 15) is 30.3 Å². The van der Waals surface area contributed by atoms with E-state index in [1.807, 2.05) is 27.7 Å². The Morgan fingerprint density at radius 1 is 0.912 bits per heavy atom. The first-order chi connectivity index (χ1) is 49.7. The molecule has 532 valence electrons. The second-order valence-electron chi connectivity index (χ2n) is 31.4. The van der Waals surface area contributed by atoms with Gasteiger partial charge in [0.25, 0.3) is 0 Å². The molecule has 0 amide bonds. The van der Waals surface area contributed by atoms with Crippen molar-refractivity contribution in [1.29, 1.82) is 0 Å². The molecule has 12 aliphatic rings. The van der Waals surface area contributed by atoms with Gasteiger partial charge in [-0.1, -0.05) is 163 Å². The summed E-state index contributed by atoms with van der Waals surface area (Å²) in [6, 6.07) is 27.2. The Bertz CT molecular complexity index is 4440. The van der Waals surface area contributed by atoms with Crippen LogP contribution >= 0.6 is 21.6 Å². The van der Waals surface area contributed by atoms with Crippen molar-refractivity contribution >= 4 is 33.6 Å². The van der Waals surface area contributed by atoms with Crippen molar-refractivity contribution in [3.05, 3.63) is 176 Å². The van der Waals surface area contributed by atoms with E-state index in [2.05, 4.69) is 144 Å². The van der Waals surface area contributed by atoms with Crippen LogP contribution in [0.2, 0.25) is 0 Å². The van der Waals surface area contributed by atoms with E-state index in [4.69, 9.17) is 29.4 Å². The molecule has 5 aromatic rings. The van der Waals surface area contributed by atoms with E-state index < -0.39 is 76.7 Å². The quantitative estimate of drug-likeness (QED) is 0.0208. The summed E-state index contributed by atoms with van der Waals surface area (Å²) in [4.78, 5) is 13.7. The van der Waals surface area contributed by atoms with Crippen LogP contribution in [-0.4, -0.2) is 113 Å². The lowest BCUT2D eigenvalue weighted by molar-refractivity contribution is -0.141. The number of hydrogen-bond acceptors (Lipinski definition) is 17. The number of benzene rings is 5. The SMILES string of the molecule is CCC1=CC2=C(C#C[C@@H]3C#C[C@@H]4Cc5cccc(c5)[C@]56CCCC[C@]5(O)C=C[C@@]5(CC[C@]7(Cc8cc(O)cc(OCO)c8-c8ccc9c(c87)O[C@H](c7c8c(c(O)c(c73)CNC[C@H](CO)[C@@H]4COC)O[C@@H]3[C@H](C=C8)N[C@@H]4CCC[C@@H](CSS[C@H]3Cc3ccccc3)C4)[C@H]9COC(C)=O)C5)[C@H]26)NC1N. The summed E-state index contributed by atoms with van der Waals surface area (Å²) in [6.07, 6.45) is 20.9. The Morgan fingerprint density at radius 2 is 1.78 bits per heavy atom. The van der Waals surface area contributed by atoms with Gasteiger partial charge in [-0.15, -0.1) is 0 Å². The van der Waals surface area contributed by atoms with E-state index in [0.29, 0.717) is 122 Å². The molecule has 3 saturated carbocycles. The summed E-state index contributed by atoms with van der Waals surface area (Å²) in [7, 11) is 5.53. The number of aromatic hydroxyl groups is 2. The van der Waals surface area contributed by atoms with Gasteiger partial charge in [-0.3, -0.25) is 4.79 Å². The standard InChI is InChI=1S/C85H94N4O11S2/c1-4-52-37-63-67(89-81(52)86)24-20-53-18-19-54-32-50-14-10-16-57(33-50)85-27-9-8-26-84(85,95)31-30-82(80(63)85)28-29-83(46-82)39-55-36-59(93)38-69(98-47-91)71(55)61-22-21-60-66(44-97-48(2)92)76(99-77(60)74(61)83)73-62-23-25-68-79(100-78(62)75(94)64(72(53)73)41-87-40-56(42-90)65(54)43-96-3)70(35-49-12-6-5-7-13-49)102-101-45-51-15-11-17-58(34-51)88-68/h5-7,10,12-14,16,21-23,25,30-31,33,36-38,51,53-54,56,58,65-66,68,70,76,79-81,87-91,93-95H,4,8-9,11,15,17,26-29,32,34-35,39-47,86H2,1-3H3/t51-,53+,54-,56-,58-,65-,66+,68+,70+,76+,79-,80+,81?,82-,83+,84+,85+/m1/s1. The number of aliphatic hydroxyl groups excluding tert-OH is 2. The first kappa shape index (κ1) is 68.0. The Balaban J connectivity index is 1.02. The summed E-state index contributed by atoms with van der Waals surface area (Å²) in [5, 5.41) is 74.7. The van der Waals surface area contributed by atoms with Gasteiger partial charge in [0.2, 0.25) is 0 Å². The van der Waals surface area contributed by atoms with E-state index in [1.165, 1.54) is 18.9 Å². The molecule has 1 saturated heterocycles. The zero-order valence-corrected chi connectivity index (χ0v) is 60.2. The molecule has 6 aliphatic heterocycles. The molecule has 17 heteroatoms. The minimum Gasteiger partial charge on any atom is -0.508 e. The second kappa shape index (κ2) is 27.1. The van der Waals surface area contributed by atoms with Crippen LogP contribution in [0.3, 0.4) is 0 Å². The summed E-state index contributed by atoms with van der Waals surface area (Å²) in [6.45, 7) is 3.47. The van der Waals surface area contributed by atoms with Crippen LogP contribution in [0.15, 0.2) is 120 Å². The zero-order chi connectivity index (χ0) is 69.8. The molecule has 15 nitrogen and oxygen atoms in total. The highest BCUT2D eigenvalue weighted by Gasteiger charge is 2.68. The van der Waals surface area contributed by atoms with Crippen molar-refractivity contribution in [2.75, 3.05) is 46.0 Å². The number of carbonyl (C=O) groups excluding carboxylic acids is 1. The number of nitrogens with two attached hydrogens (primary N) is 1. The highest BCUT2D eigenvalue weighted by molar-refractivity contribution is 8.77. The molecule has 102 heavy (non-hydrogen) atoms. The third kappa shape index (κ3) is 11.3. The first-order valence-electron chi connectivity index (χ1n) is 37.4. The van der Waals surface area contributed by atoms with Crippen molar-refractivity contribution in [2.24, 2.45) is 40.7 Å². The minimum atomic E-state index is -1.32. The number of aliphatic hydroxyl groups is 3. The van der Waals surface area contributed by atoms with Crippen molar-refractivity contribution in [1.82, 2.24) is 16.0 Å². The molecule has 17 atom stereocenters. The number of hydrogen-bond donors (Lipinski definition) is 9. The van der Waals surface area contributed by atoms with Crippen molar-refractivity contribution in [3.63, 3.8) is 0 Å². The number of nitrogens with one attached hydrogen (secondary N) is 3. The van der Waals surface area contributed by atoms with Crippen LogP contribution in [0.4, 0.5) is 0 Å². The molecule has 4 fully saturated rings. The van der Waals surface area contributed by atoms with E-state index in [-0.39, 0.29) is 60.4 Å².